The molecule has 0 spiro atoms. The Hall–Kier alpha value is -1.57. The van der Waals surface area contributed by atoms with Gasteiger partial charge in [-0.3, -0.25) is 4.79 Å². The third kappa shape index (κ3) is 2.95. The van der Waals surface area contributed by atoms with E-state index in [1.54, 1.807) is 23.1 Å². The van der Waals surface area contributed by atoms with E-state index in [4.69, 9.17) is 22.0 Å². The molecule has 0 radical (unpaired) electrons. The summed E-state index contributed by atoms with van der Waals surface area (Å²) >= 11 is 6.01. The number of anilines is 1. The summed E-state index contributed by atoms with van der Waals surface area (Å²) < 4.78 is 0. The molecule has 1 saturated heterocycles. The van der Waals surface area contributed by atoms with Crippen LogP contribution in [-0.4, -0.2) is 24.7 Å². The molecule has 4 nitrogen and oxygen atoms in total. The minimum Gasteiger partial charge on any atom is -0.400 e. The SMILES string of the molecule is CO.N#Cc1ccc(N2CC(C3CC3)CC2=O)cc1Cl. The van der Waals surface area contributed by atoms with Gasteiger partial charge in [0.1, 0.15) is 6.07 Å². The van der Waals surface area contributed by atoms with Gasteiger partial charge in [0.25, 0.3) is 0 Å². The Morgan fingerprint density at radius 3 is 2.60 bits per heavy atom. The third-order valence-corrected chi connectivity index (χ3v) is 4.14. The average Bonchev–Trinajstić information content (AvgIpc) is 3.24. The number of hydrogen-bond acceptors (Lipinski definition) is 3. The van der Waals surface area contributed by atoms with E-state index < -0.39 is 0 Å². The zero-order valence-corrected chi connectivity index (χ0v) is 12.1. The van der Waals surface area contributed by atoms with Crippen molar-refractivity contribution in [3.05, 3.63) is 28.8 Å². The summed E-state index contributed by atoms with van der Waals surface area (Å²) in [5.41, 5.74) is 1.26. The summed E-state index contributed by atoms with van der Waals surface area (Å²) in [7, 11) is 1.00. The van der Waals surface area contributed by atoms with Gasteiger partial charge in [0, 0.05) is 25.8 Å². The van der Waals surface area contributed by atoms with E-state index in [2.05, 4.69) is 0 Å². The van der Waals surface area contributed by atoms with Gasteiger partial charge in [-0.2, -0.15) is 5.26 Å². The van der Waals surface area contributed by atoms with Gasteiger partial charge in [0.2, 0.25) is 5.91 Å². The summed E-state index contributed by atoms with van der Waals surface area (Å²) in [6, 6.07) is 7.22. The summed E-state index contributed by atoms with van der Waals surface area (Å²) in [5.74, 6) is 1.42. The third-order valence-electron chi connectivity index (χ3n) is 3.83. The van der Waals surface area contributed by atoms with Gasteiger partial charge < -0.3 is 10.0 Å². The maximum atomic E-state index is 12.0. The van der Waals surface area contributed by atoms with E-state index in [1.165, 1.54) is 12.8 Å². The summed E-state index contributed by atoms with van der Waals surface area (Å²) in [6.45, 7) is 0.797. The van der Waals surface area contributed by atoms with E-state index in [1.807, 2.05) is 6.07 Å². The van der Waals surface area contributed by atoms with Crippen LogP contribution in [0, 0.1) is 23.2 Å². The molecule has 3 rings (SSSR count). The molecule has 0 aromatic heterocycles. The molecule has 20 heavy (non-hydrogen) atoms. The van der Waals surface area contributed by atoms with E-state index in [9.17, 15) is 4.79 Å². The summed E-state index contributed by atoms with van der Waals surface area (Å²) in [4.78, 5) is 13.8. The molecular formula is C15H17ClN2O2. The van der Waals surface area contributed by atoms with Crippen molar-refractivity contribution < 1.29 is 9.90 Å². The zero-order chi connectivity index (χ0) is 14.7. The Kier molecular flexibility index (Phi) is 4.64. The van der Waals surface area contributed by atoms with Crippen molar-refractivity contribution in [3.63, 3.8) is 0 Å². The molecule has 2 fully saturated rings. The summed E-state index contributed by atoms with van der Waals surface area (Å²) in [5, 5.41) is 16.2. The first-order chi connectivity index (χ1) is 9.69. The number of carbonyl (C=O) groups is 1. The predicted octanol–water partition coefficient (Wildman–Crippen LogP) is 2.58. The fraction of sp³-hybridized carbons (Fsp3) is 0.467. The second kappa shape index (κ2) is 6.25. The van der Waals surface area contributed by atoms with Gasteiger partial charge in [0.05, 0.1) is 10.6 Å². The van der Waals surface area contributed by atoms with Crippen LogP contribution in [-0.2, 0) is 4.79 Å². The lowest BCUT2D eigenvalue weighted by Crippen LogP contribution is -2.24. The van der Waals surface area contributed by atoms with Crippen LogP contribution < -0.4 is 4.90 Å². The van der Waals surface area contributed by atoms with Crippen LogP contribution >= 0.6 is 11.6 Å². The quantitative estimate of drug-likeness (QED) is 0.911. The number of aliphatic hydroxyl groups is 1. The molecule has 1 amide bonds. The molecular weight excluding hydrogens is 276 g/mol. The fourth-order valence-electron chi connectivity index (χ4n) is 2.63. The number of amides is 1. The van der Waals surface area contributed by atoms with E-state index in [0.717, 1.165) is 25.3 Å². The number of aliphatic hydroxyl groups excluding tert-OH is 1. The van der Waals surface area contributed by atoms with Gasteiger partial charge in [-0.25, -0.2) is 0 Å². The van der Waals surface area contributed by atoms with E-state index in [0.29, 0.717) is 22.9 Å². The number of hydrogen-bond donors (Lipinski definition) is 1. The predicted molar refractivity (Wildman–Crippen MR) is 77.5 cm³/mol. The highest BCUT2D eigenvalue weighted by Gasteiger charge is 2.40. The lowest BCUT2D eigenvalue weighted by atomic mass is 10.0. The minimum absolute atomic E-state index is 0.174. The van der Waals surface area contributed by atoms with Crippen LogP contribution in [0.2, 0.25) is 5.02 Å². The highest BCUT2D eigenvalue weighted by atomic mass is 35.5. The zero-order valence-electron chi connectivity index (χ0n) is 11.3. The normalized spacial score (nSPS) is 21.2. The summed E-state index contributed by atoms with van der Waals surface area (Å²) in [6.07, 6.45) is 3.18. The maximum absolute atomic E-state index is 12.0. The molecule has 1 aromatic carbocycles. The number of nitriles is 1. The first-order valence-corrected chi connectivity index (χ1v) is 7.01. The van der Waals surface area contributed by atoms with Crippen molar-refractivity contribution in [2.24, 2.45) is 11.8 Å². The Morgan fingerprint density at radius 1 is 1.35 bits per heavy atom. The Morgan fingerprint density at radius 2 is 2.05 bits per heavy atom. The molecule has 1 aliphatic carbocycles. The fourth-order valence-corrected chi connectivity index (χ4v) is 2.85. The highest BCUT2D eigenvalue weighted by molar-refractivity contribution is 6.32. The first kappa shape index (κ1) is 14.8. The van der Waals surface area contributed by atoms with Crippen molar-refractivity contribution in [1.29, 1.82) is 5.26 Å². The largest absolute Gasteiger partial charge is 0.400 e. The van der Waals surface area contributed by atoms with Crippen molar-refractivity contribution in [3.8, 4) is 6.07 Å². The van der Waals surface area contributed by atoms with Crippen molar-refractivity contribution in [2.45, 2.75) is 19.3 Å². The molecule has 1 heterocycles. The molecule has 1 aliphatic heterocycles. The molecule has 2 aliphatic rings. The van der Waals surface area contributed by atoms with Crippen molar-refractivity contribution in [2.75, 3.05) is 18.6 Å². The van der Waals surface area contributed by atoms with Crippen molar-refractivity contribution >= 4 is 23.2 Å². The first-order valence-electron chi connectivity index (χ1n) is 6.64. The average molecular weight is 293 g/mol. The van der Waals surface area contributed by atoms with Gasteiger partial charge in [-0.05, 0) is 42.9 Å². The van der Waals surface area contributed by atoms with Crippen LogP contribution in [0.5, 0.6) is 0 Å². The molecule has 1 unspecified atom stereocenters. The van der Waals surface area contributed by atoms with Gasteiger partial charge in [-0.15, -0.1) is 0 Å². The topological polar surface area (TPSA) is 64.3 Å². The Labute approximate surface area is 123 Å². The van der Waals surface area contributed by atoms with Crippen LogP contribution in [0.3, 0.4) is 0 Å². The van der Waals surface area contributed by atoms with Crippen LogP contribution in [0.4, 0.5) is 5.69 Å². The van der Waals surface area contributed by atoms with Crippen molar-refractivity contribution in [1.82, 2.24) is 0 Å². The standard InChI is InChI=1S/C14H13ClN2O.CH4O/c15-13-6-12(4-3-10(13)7-16)17-8-11(5-14(17)18)9-1-2-9;1-2/h3-4,6,9,11H,1-2,5,8H2;2H,1H3. The van der Waals surface area contributed by atoms with Gasteiger partial charge in [0.15, 0.2) is 0 Å². The number of benzene rings is 1. The van der Waals surface area contributed by atoms with Crippen LogP contribution in [0.25, 0.3) is 0 Å². The number of halogens is 1. The second-order valence-electron chi connectivity index (χ2n) is 5.08. The lowest BCUT2D eigenvalue weighted by molar-refractivity contribution is -0.117. The molecule has 1 saturated carbocycles. The Bertz CT molecular complexity index is 549. The lowest BCUT2D eigenvalue weighted by Gasteiger charge is -2.17. The molecule has 0 bridgehead atoms. The molecule has 1 N–H and O–H groups in total. The molecule has 1 aromatic rings. The highest BCUT2D eigenvalue weighted by Crippen LogP contribution is 2.42. The molecule has 106 valence electrons. The molecule has 1 atom stereocenters. The van der Waals surface area contributed by atoms with Gasteiger partial charge in [-0.1, -0.05) is 11.6 Å². The monoisotopic (exact) mass is 292 g/mol. The maximum Gasteiger partial charge on any atom is 0.227 e. The number of nitrogens with zero attached hydrogens (tertiary/aromatic N) is 2. The number of rotatable bonds is 2. The number of carbonyl (C=O) groups excluding carboxylic acids is 1. The van der Waals surface area contributed by atoms with E-state index >= 15 is 0 Å². The van der Waals surface area contributed by atoms with Gasteiger partial charge >= 0.3 is 0 Å². The smallest absolute Gasteiger partial charge is 0.227 e. The van der Waals surface area contributed by atoms with E-state index in [-0.39, 0.29) is 5.91 Å². The minimum atomic E-state index is 0.174. The second-order valence-corrected chi connectivity index (χ2v) is 5.49. The Balaban J connectivity index is 0.000000704. The molecule has 5 heteroatoms. The van der Waals surface area contributed by atoms with Crippen LogP contribution in [0.15, 0.2) is 18.2 Å². The van der Waals surface area contributed by atoms with Crippen LogP contribution in [0.1, 0.15) is 24.8 Å².